The summed E-state index contributed by atoms with van der Waals surface area (Å²) in [7, 11) is 0. The van der Waals surface area contributed by atoms with Gasteiger partial charge in [0.05, 0.1) is 10.6 Å². The van der Waals surface area contributed by atoms with E-state index in [4.69, 9.17) is 50.8 Å². The molecule has 0 atom stereocenters. The highest BCUT2D eigenvalue weighted by Gasteiger charge is 2.34. The van der Waals surface area contributed by atoms with Gasteiger partial charge in [-0.05, 0) is 0 Å². The van der Waals surface area contributed by atoms with E-state index in [0.29, 0.717) is 0 Å². The molecule has 3 nitrogen and oxygen atoms in total. The third-order valence-electron chi connectivity index (χ3n) is 1.83. The Labute approximate surface area is 103 Å². The Morgan fingerprint density at radius 2 is 1.47 bits per heavy atom. The van der Waals surface area contributed by atoms with Crippen molar-refractivity contribution in [3.05, 3.63) is 36.8 Å². The number of Topliss-reactive ketones (excluding diaryl/α,β-unsaturated/α-hetero) is 1. The van der Waals surface area contributed by atoms with Crippen LogP contribution in [0.5, 0.6) is 0 Å². The number of halogens is 4. The molecule has 0 bridgehead atoms. The summed E-state index contributed by atoms with van der Waals surface area (Å²) >= 11 is 22.5. The van der Waals surface area contributed by atoms with E-state index in [2.05, 4.69) is 0 Å². The van der Waals surface area contributed by atoms with E-state index in [9.17, 15) is 9.59 Å². The van der Waals surface area contributed by atoms with Crippen LogP contribution in [0, 0.1) is 0 Å². The van der Waals surface area contributed by atoms with Crippen molar-refractivity contribution in [2.75, 3.05) is 0 Å². The van der Waals surface area contributed by atoms with Gasteiger partial charge in [-0.1, -0.05) is 46.4 Å². The Bertz CT molecular complexity index is 570. The number of allylic oxidation sites excluding steroid dienone is 1. The molecule has 2 rings (SSSR count). The maximum Gasteiger partial charge on any atom is 0.356 e. The van der Waals surface area contributed by atoms with Gasteiger partial charge >= 0.3 is 5.63 Å². The summed E-state index contributed by atoms with van der Waals surface area (Å²) in [6.45, 7) is 0. The van der Waals surface area contributed by atoms with E-state index in [-0.39, 0.29) is 31.4 Å². The fourth-order valence-corrected chi connectivity index (χ4v) is 1.94. The van der Waals surface area contributed by atoms with Gasteiger partial charge in [-0.25, -0.2) is 4.79 Å². The monoisotopic (exact) mass is 284 g/mol. The highest BCUT2D eigenvalue weighted by Crippen LogP contribution is 2.41. The molecule has 0 aliphatic heterocycles. The predicted molar refractivity (Wildman–Crippen MR) is 58.0 cm³/mol. The molecule has 0 spiro atoms. The number of hydrogen-bond donors (Lipinski definition) is 0. The Morgan fingerprint density at radius 1 is 0.867 bits per heavy atom. The molecule has 0 saturated carbocycles. The third-order valence-corrected chi connectivity index (χ3v) is 3.47. The van der Waals surface area contributed by atoms with Crippen molar-refractivity contribution < 1.29 is 9.21 Å². The predicted octanol–water partition coefficient (Wildman–Crippen LogP) is 3.29. The summed E-state index contributed by atoms with van der Waals surface area (Å²) in [4.78, 5) is 22.7. The van der Waals surface area contributed by atoms with Crippen LogP contribution < -0.4 is 5.63 Å². The SMILES string of the molecule is O=C1C(Cl)=C(Cl)c2oc(=O)c(Cl)c(Cl)c21. The van der Waals surface area contributed by atoms with Crippen molar-refractivity contribution in [1.82, 2.24) is 0 Å². The van der Waals surface area contributed by atoms with Gasteiger partial charge in [-0.2, -0.15) is 0 Å². The van der Waals surface area contributed by atoms with Gasteiger partial charge in [0.25, 0.3) is 0 Å². The molecule has 7 heteroatoms. The Morgan fingerprint density at radius 3 is 2.07 bits per heavy atom. The van der Waals surface area contributed by atoms with Crippen LogP contribution >= 0.6 is 46.4 Å². The summed E-state index contributed by atoms with van der Waals surface area (Å²) in [5, 5.41) is -0.923. The first kappa shape index (κ1) is 11.0. The van der Waals surface area contributed by atoms with E-state index >= 15 is 0 Å². The Hall–Kier alpha value is -0.480. The molecule has 0 N–H and O–H groups in total. The average Bonchev–Trinajstić information content (AvgIpc) is 2.40. The summed E-state index contributed by atoms with van der Waals surface area (Å²) in [6, 6.07) is 0. The molecule has 0 saturated heterocycles. The highest BCUT2D eigenvalue weighted by molar-refractivity contribution is 6.64. The van der Waals surface area contributed by atoms with Crippen LogP contribution in [0.2, 0.25) is 10.0 Å². The average molecular weight is 286 g/mol. The molecule has 0 aromatic carbocycles. The molecule has 1 heterocycles. The molecule has 1 aliphatic rings. The molecule has 1 aromatic heterocycles. The van der Waals surface area contributed by atoms with Crippen LogP contribution in [0.1, 0.15) is 16.1 Å². The van der Waals surface area contributed by atoms with Crippen molar-refractivity contribution in [2.24, 2.45) is 0 Å². The van der Waals surface area contributed by atoms with E-state index in [1.54, 1.807) is 0 Å². The van der Waals surface area contributed by atoms with E-state index in [1.807, 2.05) is 0 Å². The van der Waals surface area contributed by atoms with Crippen LogP contribution in [0.4, 0.5) is 0 Å². The maximum atomic E-state index is 11.5. The van der Waals surface area contributed by atoms with Crippen LogP contribution in [0.25, 0.3) is 5.03 Å². The van der Waals surface area contributed by atoms with Gasteiger partial charge in [-0.15, -0.1) is 0 Å². The minimum Gasteiger partial charge on any atom is -0.420 e. The molecule has 0 unspecified atom stereocenters. The second-order valence-corrected chi connectivity index (χ2v) is 4.19. The number of rotatable bonds is 0. The molecule has 0 radical (unpaired) electrons. The normalized spacial score (nSPS) is 14.8. The van der Waals surface area contributed by atoms with Gasteiger partial charge in [0, 0.05) is 0 Å². The van der Waals surface area contributed by atoms with Crippen LogP contribution in [-0.2, 0) is 0 Å². The van der Waals surface area contributed by atoms with E-state index in [0.717, 1.165) is 0 Å². The van der Waals surface area contributed by atoms with Crippen molar-refractivity contribution in [3.63, 3.8) is 0 Å². The zero-order valence-electron chi connectivity index (χ0n) is 6.74. The molecule has 0 fully saturated rings. The first-order chi connectivity index (χ1) is 6.95. The first-order valence-electron chi connectivity index (χ1n) is 3.57. The lowest BCUT2D eigenvalue weighted by molar-refractivity contribution is 0.104. The van der Waals surface area contributed by atoms with Crippen molar-refractivity contribution >= 4 is 57.2 Å². The van der Waals surface area contributed by atoms with Gasteiger partial charge in [0.15, 0.2) is 5.76 Å². The number of carbonyl (C=O) groups excluding carboxylic acids is 1. The Kier molecular flexibility index (Phi) is 2.59. The number of ketones is 1. The summed E-state index contributed by atoms with van der Waals surface area (Å²) < 4.78 is 4.72. The van der Waals surface area contributed by atoms with Gasteiger partial charge in [0.2, 0.25) is 5.78 Å². The molecular formula is C8Cl4O3. The standard InChI is InChI=1S/C8Cl4O3/c9-2-1-6(13)3(10)4(11)7(1)15-8(14)5(2)12. The first-order valence-corrected chi connectivity index (χ1v) is 5.08. The largest absolute Gasteiger partial charge is 0.420 e. The number of carbonyl (C=O) groups is 1. The summed E-state index contributed by atoms with van der Waals surface area (Å²) in [5.74, 6) is -0.738. The second kappa shape index (κ2) is 3.52. The minimum absolute atomic E-state index is 0.0729. The zero-order valence-corrected chi connectivity index (χ0v) is 9.76. The lowest BCUT2D eigenvalue weighted by Gasteiger charge is -2.00. The number of fused-ring (bicyclic) bond motifs is 1. The second-order valence-electron chi connectivity index (χ2n) is 2.68. The fourth-order valence-electron chi connectivity index (χ4n) is 1.15. The van der Waals surface area contributed by atoms with E-state index < -0.39 is 11.4 Å². The lowest BCUT2D eigenvalue weighted by atomic mass is 10.2. The van der Waals surface area contributed by atoms with Gasteiger partial charge in [-0.3, -0.25) is 4.79 Å². The zero-order chi connectivity index (χ0) is 11.3. The molecule has 1 aromatic rings. The molecule has 1 aliphatic carbocycles. The summed E-state index contributed by atoms with van der Waals surface area (Å²) in [5.41, 5.74) is -0.936. The molecular weight excluding hydrogens is 286 g/mol. The molecule has 15 heavy (non-hydrogen) atoms. The highest BCUT2D eigenvalue weighted by atomic mass is 35.5. The minimum atomic E-state index is -0.863. The fraction of sp³-hybridized carbons (Fsp3) is 0. The Balaban J connectivity index is 2.90. The maximum absolute atomic E-state index is 11.5. The van der Waals surface area contributed by atoms with Crippen molar-refractivity contribution in [2.45, 2.75) is 0 Å². The third kappa shape index (κ3) is 1.42. The lowest BCUT2D eigenvalue weighted by Crippen LogP contribution is -2.06. The van der Waals surface area contributed by atoms with E-state index in [1.165, 1.54) is 0 Å². The van der Waals surface area contributed by atoms with Crippen LogP contribution in [0.3, 0.4) is 0 Å². The van der Waals surface area contributed by atoms with Crippen LogP contribution in [0.15, 0.2) is 14.2 Å². The van der Waals surface area contributed by atoms with Crippen molar-refractivity contribution in [1.29, 1.82) is 0 Å². The molecule has 0 amide bonds. The quantitative estimate of drug-likeness (QED) is 0.735. The number of hydrogen-bond acceptors (Lipinski definition) is 3. The van der Waals surface area contributed by atoms with Crippen LogP contribution in [-0.4, -0.2) is 5.78 Å². The van der Waals surface area contributed by atoms with Gasteiger partial charge in [0.1, 0.15) is 15.1 Å². The van der Waals surface area contributed by atoms with Gasteiger partial charge < -0.3 is 4.42 Å². The smallest absolute Gasteiger partial charge is 0.356 e. The topological polar surface area (TPSA) is 47.3 Å². The molecule has 78 valence electrons. The summed E-state index contributed by atoms with van der Waals surface area (Å²) in [6.07, 6.45) is 0. The van der Waals surface area contributed by atoms with Crippen molar-refractivity contribution in [3.8, 4) is 0 Å².